The molecule has 0 saturated carbocycles. The van der Waals surface area contributed by atoms with Gasteiger partial charge in [-0.3, -0.25) is 0 Å². The highest BCUT2D eigenvalue weighted by molar-refractivity contribution is 4.77. The van der Waals surface area contributed by atoms with E-state index < -0.39 is 0 Å². The Morgan fingerprint density at radius 3 is 2.56 bits per heavy atom. The number of rotatable bonds is 9. The summed E-state index contributed by atoms with van der Waals surface area (Å²) in [6.45, 7) is 9.65. The molecule has 108 valence electrons. The van der Waals surface area contributed by atoms with Crippen LogP contribution in [0.25, 0.3) is 0 Å². The molecule has 0 unspecified atom stereocenters. The summed E-state index contributed by atoms with van der Waals surface area (Å²) in [7, 11) is 4.39. The standard InChI is InChI=1S/C14H31N3O/c1-4-18-13-5-8-15-9-12-17-10-6-14(7-11-17)16(2)3/h14-15H,4-13H2,1-3H3. The second-order valence-corrected chi connectivity index (χ2v) is 5.34. The van der Waals surface area contributed by atoms with Gasteiger partial charge in [-0.1, -0.05) is 0 Å². The van der Waals surface area contributed by atoms with Crippen LogP contribution in [-0.2, 0) is 4.74 Å². The van der Waals surface area contributed by atoms with Crippen molar-refractivity contribution in [1.82, 2.24) is 15.1 Å². The van der Waals surface area contributed by atoms with Crippen LogP contribution in [0.4, 0.5) is 0 Å². The van der Waals surface area contributed by atoms with Crippen LogP contribution in [-0.4, -0.2) is 75.9 Å². The lowest BCUT2D eigenvalue weighted by molar-refractivity contribution is 0.140. The lowest BCUT2D eigenvalue weighted by Gasteiger charge is -2.35. The molecule has 0 radical (unpaired) electrons. The second-order valence-electron chi connectivity index (χ2n) is 5.34. The first-order valence-electron chi connectivity index (χ1n) is 7.41. The van der Waals surface area contributed by atoms with Gasteiger partial charge < -0.3 is 19.9 Å². The fraction of sp³-hybridized carbons (Fsp3) is 1.00. The summed E-state index contributed by atoms with van der Waals surface area (Å²) >= 11 is 0. The fourth-order valence-corrected chi connectivity index (χ4v) is 2.47. The average Bonchev–Trinajstić information content (AvgIpc) is 2.38. The molecule has 0 aromatic carbocycles. The molecule has 1 aliphatic rings. The van der Waals surface area contributed by atoms with Crippen molar-refractivity contribution in [3.8, 4) is 0 Å². The van der Waals surface area contributed by atoms with Gasteiger partial charge in [0.2, 0.25) is 0 Å². The van der Waals surface area contributed by atoms with Crippen molar-refractivity contribution >= 4 is 0 Å². The Kier molecular flexibility index (Phi) is 8.59. The molecule has 1 N–H and O–H groups in total. The molecule has 1 heterocycles. The summed E-state index contributed by atoms with van der Waals surface area (Å²) in [5.41, 5.74) is 0. The van der Waals surface area contributed by atoms with Gasteiger partial charge in [0.05, 0.1) is 0 Å². The molecular weight excluding hydrogens is 226 g/mol. The van der Waals surface area contributed by atoms with E-state index in [4.69, 9.17) is 4.74 Å². The first-order valence-corrected chi connectivity index (χ1v) is 7.41. The molecule has 0 aliphatic carbocycles. The maximum atomic E-state index is 5.31. The van der Waals surface area contributed by atoms with Gasteiger partial charge in [-0.2, -0.15) is 0 Å². The van der Waals surface area contributed by atoms with Crippen LogP contribution in [0.5, 0.6) is 0 Å². The van der Waals surface area contributed by atoms with Crippen LogP contribution < -0.4 is 5.32 Å². The zero-order chi connectivity index (χ0) is 13.2. The molecule has 18 heavy (non-hydrogen) atoms. The van der Waals surface area contributed by atoms with Crippen molar-refractivity contribution in [1.29, 1.82) is 0 Å². The molecule has 1 saturated heterocycles. The Balaban J connectivity index is 1.91. The summed E-state index contributed by atoms with van der Waals surface area (Å²) in [5.74, 6) is 0. The van der Waals surface area contributed by atoms with Crippen LogP contribution in [0, 0.1) is 0 Å². The molecule has 1 fully saturated rings. The van der Waals surface area contributed by atoms with Crippen LogP contribution >= 0.6 is 0 Å². The second kappa shape index (κ2) is 9.73. The first kappa shape index (κ1) is 15.9. The van der Waals surface area contributed by atoms with E-state index in [1.807, 2.05) is 6.92 Å². The van der Waals surface area contributed by atoms with Crippen molar-refractivity contribution in [2.45, 2.75) is 32.2 Å². The predicted octanol–water partition coefficient (Wildman–Crippen LogP) is 1.03. The third-order valence-corrected chi connectivity index (χ3v) is 3.74. The van der Waals surface area contributed by atoms with Crippen LogP contribution in [0.2, 0.25) is 0 Å². The van der Waals surface area contributed by atoms with E-state index in [1.54, 1.807) is 0 Å². The first-order chi connectivity index (χ1) is 8.74. The van der Waals surface area contributed by atoms with Crippen molar-refractivity contribution in [2.75, 3.05) is 60.0 Å². The van der Waals surface area contributed by atoms with Crippen LogP contribution in [0.3, 0.4) is 0 Å². The molecule has 1 rings (SSSR count). The number of likely N-dealkylation sites (tertiary alicyclic amines) is 1. The molecule has 0 atom stereocenters. The number of nitrogens with zero attached hydrogens (tertiary/aromatic N) is 2. The number of ether oxygens (including phenoxy) is 1. The van der Waals surface area contributed by atoms with Crippen molar-refractivity contribution in [2.24, 2.45) is 0 Å². The zero-order valence-corrected chi connectivity index (χ0v) is 12.5. The Labute approximate surface area is 113 Å². The highest BCUT2D eigenvalue weighted by Gasteiger charge is 2.19. The highest BCUT2D eigenvalue weighted by Crippen LogP contribution is 2.13. The van der Waals surface area contributed by atoms with Crippen molar-refractivity contribution in [3.63, 3.8) is 0 Å². The third kappa shape index (κ3) is 6.69. The molecule has 0 bridgehead atoms. The molecule has 4 nitrogen and oxygen atoms in total. The minimum atomic E-state index is 0.792. The number of hydrogen-bond acceptors (Lipinski definition) is 4. The van der Waals surface area contributed by atoms with E-state index in [2.05, 4.69) is 29.2 Å². The molecule has 0 aromatic rings. The highest BCUT2D eigenvalue weighted by atomic mass is 16.5. The quantitative estimate of drug-likeness (QED) is 0.624. The topological polar surface area (TPSA) is 27.7 Å². The van der Waals surface area contributed by atoms with Gasteiger partial charge in [-0.25, -0.2) is 0 Å². The lowest BCUT2D eigenvalue weighted by Crippen LogP contribution is -2.44. The Hall–Kier alpha value is -0.160. The SMILES string of the molecule is CCOCCCNCCN1CCC(N(C)C)CC1. The fourth-order valence-electron chi connectivity index (χ4n) is 2.47. The van der Waals surface area contributed by atoms with E-state index in [0.717, 1.165) is 38.8 Å². The summed E-state index contributed by atoms with van der Waals surface area (Å²) < 4.78 is 5.31. The summed E-state index contributed by atoms with van der Waals surface area (Å²) in [5, 5.41) is 3.49. The lowest BCUT2D eigenvalue weighted by atomic mass is 10.0. The Bertz CT molecular complexity index is 191. The van der Waals surface area contributed by atoms with Gasteiger partial charge in [-0.05, 0) is 59.9 Å². The van der Waals surface area contributed by atoms with Gasteiger partial charge in [0.15, 0.2) is 0 Å². The van der Waals surface area contributed by atoms with Crippen molar-refractivity contribution < 1.29 is 4.74 Å². The summed E-state index contributed by atoms with van der Waals surface area (Å²) in [4.78, 5) is 4.94. The molecular formula is C14H31N3O. The minimum absolute atomic E-state index is 0.792. The Morgan fingerprint density at radius 2 is 1.94 bits per heavy atom. The molecule has 0 aromatic heterocycles. The molecule has 0 spiro atoms. The largest absolute Gasteiger partial charge is 0.382 e. The number of piperidine rings is 1. The predicted molar refractivity (Wildman–Crippen MR) is 77.1 cm³/mol. The molecule has 4 heteroatoms. The van der Waals surface area contributed by atoms with Crippen molar-refractivity contribution in [3.05, 3.63) is 0 Å². The zero-order valence-electron chi connectivity index (χ0n) is 12.5. The van der Waals surface area contributed by atoms with E-state index in [0.29, 0.717) is 0 Å². The van der Waals surface area contributed by atoms with Gasteiger partial charge in [-0.15, -0.1) is 0 Å². The van der Waals surface area contributed by atoms with Crippen LogP contribution in [0.1, 0.15) is 26.2 Å². The van der Waals surface area contributed by atoms with E-state index in [-0.39, 0.29) is 0 Å². The maximum Gasteiger partial charge on any atom is 0.0477 e. The van der Waals surface area contributed by atoms with Gasteiger partial charge in [0.25, 0.3) is 0 Å². The van der Waals surface area contributed by atoms with Gasteiger partial charge >= 0.3 is 0 Å². The maximum absolute atomic E-state index is 5.31. The minimum Gasteiger partial charge on any atom is -0.382 e. The van der Waals surface area contributed by atoms with Gasteiger partial charge in [0, 0.05) is 32.3 Å². The normalized spacial score (nSPS) is 18.7. The molecule has 0 amide bonds. The summed E-state index contributed by atoms with van der Waals surface area (Å²) in [6.07, 6.45) is 3.76. The Morgan fingerprint density at radius 1 is 1.22 bits per heavy atom. The van der Waals surface area contributed by atoms with Crippen LogP contribution in [0.15, 0.2) is 0 Å². The summed E-state index contributed by atoms with van der Waals surface area (Å²) in [6, 6.07) is 0.792. The smallest absolute Gasteiger partial charge is 0.0477 e. The van der Waals surface area contributed by atoms with E-state index in [1.165, 1.54) is 32.5 Å². The van der Waals surface area contributed by atoms with Gasteiger partial charge in [0.1, 0.15) is 0 Å². The van der Waals surface area contributed by atoms with E-state index in [9.17, 15) is 0 Å². The third-order valence-electron chi connectivity index (χ3n) is 3.74. The van der Waals surface area contributed by atoms with E-state index >= 15 is 0 Å². The number of nitrogens with one attached hydrogen (secondary N) is 1. The molecule has 1 aliphatic heterocycles. The number of hydrogen-bond donors (Lipinski definition) is 1. The average molecular weight is 257 g/mol. The monoisotopic (exact) mass is 257 g/mol.